The van der Waals surface area contributed by atoms with Crippen LogP contribution in [0.2, 0.25) is 0 Å². The third-order valence-electron chi connectivity index (χ3n) is 4.13. The van der Waals surface area contributed by atoms with Crippen LogP contribution in [0.15, 0.2) is 24.3 Å². The van der Waals surface area contributed by atoms with Crippen LogP contribution in [-0.2, 0) is 17.6 Å². The SMILES string of the molecule is Cl.O=C(NCC1Cc2ccccc2C1)C1CC(F)(F)CN1. The fourth-order valence-electron chi connectivity index (χ4n) is 3.06. The number of carbonyl (C=O) groups excluding carboxylic acids is 1. The zero-order valence-electron chi connectivity index (χ0n) is 11.6. The second-order valence-electron chi connectivity index (χ2n) is 5.78. The van der Waals surface area contributed by atoms with Gasteiger partial charge < -0.3 is 5.32 Å². The van der Waals surface area contributed by atoms with Gasteiger partial charge >= 0.3 is 0 Å². The van der Waals surface area contributed by atoms with Crippen molar-refractivity contribution in [2.45, 2.75) is 31.2 Å². The molecule has 1 aromatic carbocycles. The average Bonchev–Trinajstić information content (AvgIpc) is 2.98. The predicted octanol–water partition coefficient (Wildman–Crippen LogP) is 1.94. The highest BCUT2D eigenvalue weighted by molar-refractivity contribution is 5.85. The van der Waals surface area contributed by atoms with Crippen LogP contribution in [0, 0.1) is 5.92 Å². The smallest absolute Gasteiger partial charge is 0.262 e. The first-order valence-electron chi connectivity index (χ1n) is 6.99. The zero-order chi connectivity index (χ0) is 14.2. The van der Waals surface area contributed by atoms with Gasteiger partial charge in [-0.15, -0.1) is 12.4 Å². The molecule has 116 valence electrons. The highest BCUT2D eigenvalue weighted by atomic mass is 35.5. The van der Waals surface area contributed by atoms with Gasteiger partial charge in [0.2, 0.25) is 5.91 Å². The molecule has 0 spiro atoms. The first-order chi connectivity index (χ1) is 9.53. The Morgan fingerprint density at radius 2 is 1.90 bits per heavy atom. The summed E-state index contributed by atoms with van der Waals surface area (Å²) in [6, 6.07) is 7.50. The molecular formula is C15H19ClF2N2O. The van der Waals surface area contributed by atoms with Crippen molar-refractivity contribution in [2.24, 2.45) is 5.92 Å². The molecule has 1 amide bonds. The molecular weight excluding hydrogens is 298 g/mol. The van der Waals surface area contributed by atoms with E-state index in [0.29, 0.717) is 12.5 Å². The molecule has 1 aromatic rings. The Morgan fingerprint density at radius 3 is 2.43 bits per heavy atom. The lowest BCUT2D eigenvalue weighted by Gasteiger charge is -2.14. The second kappa shape index (κ2) is 6.28. The molecule has 1 saturated heterocycles. The maximum absolute atomic E-state index is 13.0. The maximum Gasteiger partial charge on any atom is 0.262 e. The van der Waals surface area contributed by atoms with Crippen LogP contribution in [0.3, 0.4) is 0 Å². The molecule has 21 heavy (non-hydrogen) atoms. The first-order valence-corrected chi connectivity index (χ1v) is 6.99. The maximum atomic E-state index is 13.0. The molecule has 0 radical (unpaired) electrons. The molecule has 6 heteroatoms. The molecule has 1 aliphatic carbocycles. The number of amides is 1. The Balaban J connectivity index is 0.00000161. The van der Waals surface area contributed by atoms with Crippen molar-refractivity contribution in [3.05, 3.63) is 35.4 Å². The van der Waals surface area contributed by atoms with Crippen LogP contribution < -0.4 is 10.6 Å². The van der Waals surface area contributed by atoms with E-state index in [9.17, 15) is 13.6 Å². The summed E-state index contributed by atoms with van der Waals surface area (Å²) in [7, 11) is 0. The minimum absolute atomic E-state index is 0. The van der Waals surface area contributed by atoms with Gasteiger partial charge in [-0.2, -0.15) is 0 Å². The lowest BCUT2D eigenvalue weighted by molar-refractivity contribution is -0.123. The van der Waals surface area contributed by atoms with E-state index in [2.05, 4.69) is 22.8 Å². The van der Waals surface area contributed by atoms with Gasteiger partial charge in [0, 0.05) is 13.0 Å². The number of hydrogen-bond acceptors (Lipinski definition) is 2. The molecule has 1 aliphatic heterocycles. The fraction of sp³-hybridized carbons (Fsp3) is 0.533. The quantitative estimate of drug-likeness (QED) is 0.895. The van der Waals surface area contributed by atoms with Crippen molar-refractivity contribution in [3.8, 4) is 0 Å². The molecule has 2 N–H and O–H groups in total. The third-order valence-corrected chi connectivity index (χ3v) is 4.13. The second-order valence-corrected chi connectivity index (χ2v) is 5.78. The average molecular weight is 317 g/mol. The summed E-state index contributed by atoms with van der Waals surface area (Å²) in [6.45, 7) is 0.150. The van der Waals surface area contributed by atoms with Gasteiger partial charge in [0.05, 0.1) is 12.6 Å². The van der Waals surface area contributed by atoms with Crippen molar-refractivity contribution in [1.29, 1.82) is 0 Å². The Hall–Kier alpha value is -1.20. The topological polar surface area (TPSA) is 41.1 Å². The summed E-state index contributed by atoms with van der Waals surface area (Å²) in [5, 5.41) is 5.38. The predicted molar refractivity (Wildman–Crippen MR) is 79.0 cm³/mol. The van der Waals surface area contributed by atoms with E-state index in [-0.39, 0.29) is 18.3 Å². The number of fused-ring (bicyclic) bond motifs is 1. The highest BCUT2D eigenvalue weighted by Gasteiger charge is 2.42. The molecule has 0 bridgehead atoms. The third kappa shape index (κ3) is 3.71. The number of alkyl halides is 2. The monoisotopic (exact) mass is 316 g/mol. The molecule has 3 rings (SSSR count). The number of benzene rings is 1. The zero-order valence-corrected chi connectivity index (χ0v) is 12.4. The Morgan fingerprint density at radius 1 is 1.29 bits per heavy atom. The Bertz CT molecular complexity index is 499. The van der Waals surface area contributed by atoms with Gasteiger partial charge in [0.15, 0.2) is 0 Å². The molecule has 3 nitrogen and oxygen atoms in total. The molecule has 1 atom stereocenters. The lowest BCUT2D eigenvalue weighted by Crippen LogP contribution is -2.42. The highest BCUT2D eigenvalue weighted by Crippen LogP contribution is 2.27. The van der Waals surface area contributed by atoms with E-state index in [4.69, 9.17) is 0 Å². The Kier molecular flexibility index (Phi) is 4.84. The van der Waals surface area contributed by atoms with Crippen LogP contribution in [0.1, 0.15) is 17.5 Å². The number of nitrogens with one attached hydrogen (secondary N) is 2. The van der Waals surface area contributed by atoms with E-state index < -0.39 is 24.9 Å². The normalized spacial score (nSPS) is 23.4. The van der Waals surface area contributed by atoms with Gasteiger partial charge in [-0.05, 0) is 29.9 Å². The molecule has 1 unspecified atom stereocenters. The number of rotatable bonds is 3. The van der Waals surface area contributed by atoms with Crippen molar-refractivity contribution in [1.82, 2.24) is 10.6 Å². The van der Waals surface area contributed by atoms with E-state index in [0.717, 1.165) is 12.8 Å². The van der Waals surface area contributed by atoms with E-state index >= 15 is 0 Å². The fourth-order valence-corrected chi connectivity index (χ4v) is 3.06. The first kappa shape index (κ1) is 16.2. The van der Waals surface area contributed by atoms with Crippen molar-refractivity contribution >= 4 is 18.3 Å². The van der Waals surface area contributed by atoms with Crippen molar-refractivity contribution in [2.75, 3.05) is 13.1 Å². The number of carbonyl (C=O) groups is 1. The minimum atomic E-state index is -2.76. The summed E-state index contributed by atoms with van der Waals surface area (Å²) < 4.78 is 26.1. The van der Waals surface area contributed by atoms with Crippen LogP contribution in [-0.4, -0.2) is 31.0 Å². The summed E-state index contributed by atoms with van der Waals surface area (Å²) >= 11 is 0. The number of hydrogen-bond donors (Lipinski definition) is 2. The van der Waals surface area contributed by atoms with Gasteiger partial charge in [-0.1, -0.05) is 24.3 Å². The van der Waals surface area contributed by atoms with Gasteiger partial charge in [0.1, 0.15) is 0 Å². The van der Waals surface area contributed by atoms with Gasteiger partial charge in [0.25, 0.3) is 5.92 Å². The van der Waals surface area contributed by atoms with E-state index in [1.807, 2.05) is 12.1 Å². The van der Waals surface area contributed by atoms with Gasteiger partial charge in [-0.25, -0.2) is 8.78 Å². The van der Waals surface area contributed by atoms with E-state index in [1.54, 1.807) is 0 Å². The summed E-state index contributed by atoms with van der Waals surface area (Å²) in [6.07, 6.45) is 1.50. The van der Waals surface area contributed by atoms with E-state index in [1.165, 1.54) is 11.1 Å². The van der Waals surface area contributed by atoms with Gasteiger partial charge in [-0.3, -0.25) is 10.1 Å². The molecule has 1 fully saturated rings. The molecule has 0 aromatic heterocycles. The van der Waals surface area contributed by atoms with Crippen LogP contribution in [0.5, 0.6) is 0 Å². The van der Waals surface area contributed by atoms with Crippen LogP contribution in [0.25, 0.3) is 0 Å². The van der Waals surface area contributed by atoms with Crippen LogP contribution in [0.4, 0.5) is 8.78 Å². The minimum Gasteiger partial charge on any atom is -0.354 e. The standard InChI is InChI=1S/C15H18F2N2O.ClH/c16-15(17)7-13(19-9-15)14(20)18-8-10-5-11-3-1-2-4-12(11)6-10;/h1-4,10,13,19H,5-9H2,(H,18,20);1H. The summed E-state index contributed by atoms with van der Waals surface area (Å²) in [5.74, 6) is -2.69. The Labute approximate surface area is 128 Å². The molecule has 2 aliphatic rings. The van der Waals surface area contributed by atoms with Crippen molar-refractivity contribution in [3.63, 3.8) is 0 Å². The largest absolute Gasteiger partial charge is 0.354 e. The summed E-state index contributed by atoms with van der Waals surface area (Å²) in [5.41, 5.74) is 2.66. The molecule has 0 saturated carbocycles. The lowest BCUT2D eigenvalue weighted by atomic mass is 10.1. The van der Waals surface area contributed by atoms with Crippen LogP contribution >= 0.6 is 12.4 Å². The number of halogens is 3. The van der Waals surface area contributed by atoms with Crippen molar-refractivity contribution < 1.29 is 13.6 Å². The summed E-state index contributed by atoms with van der Waals surface area (Å²) in [4.78, 5) is 11.9. The molecule has 1 heterocycles.